The number of rotatable bonds is 7. The van der Waals surface area contributed by atoms with Crippen LogP contribution in [0.2, 0.25) is 0 Å². The van der Waals surface area contributed by atoms with E-state index in [0.29, 0.717) is 0 Å². The average molecular weight is 484 g/mol. The number of benzene rings is 4. The molecule has 0 aliphatic rings. The van der Waals surface area contributed by atoms with Crippen LogP contribution in [0.1, 0.15) is 0 Å². The zero-order chi connectivity index (χ0) is 24.4. The minimum atomic E-state index is -0.348. The highest BCUT2D eigenvalue weighted by atomic mass is 31.1. The molecule has 0 saturated heterocycles. The molecule has 0 fully saturated rings. The van der Waals surface area contributed by atoms with E-state index in [1.54, 1.807) is 0 Å². The summed E-state index contributed by atoms with van der Waals surface area (Å²) in [6.07, 6.45) is 3.91. The first-order valence-corrected chi connectivity index (χ1v) is 13.6. The standard InChI is InChI=1S/C26H24P2.2CHNO/c1-5-13-23(14-6-1)27(24-15-7-2-8-16-24)21-22-28(25-17-9-3-10-18-25)26-19-11-4-12-20-26;2*2-1-3/h1-20H,21-22H2;2*2H. The van der Waals surface area contributed by atoms with Crippen LogP contribution in [0.5, 0.6) is 0 Å². The third kappa shape index (κ3) is 8.80. The van der Waals surface area contributed by atoms with E-state index >= 15 is 0 Å². The minimum absolute atomic E-state index is 0.348. The fourth-order valence-electron chi connectivity index (χ4n) is 3.45. The van der Waals surface area contributed by atoms with E-state index in [0.717, 1.165) is 12.2 Å². The van der Waals surface area contributed by atoms with E-state index < -0.39 is 0 Å². The van der Waals surface area contributed by atoms with E-state index in [4.69, 9.17) is 20.4 Å². The molecular formula is C28H26N2O2P2. The Labute approximate surface area is 203 Å². The Bertz CT molecular complexity index is 972. The van der Waals surface area contributed by atoms with Gasteiger partial charge in [-0.1, -0.05) is 121 Å². The van der Waals surface area contributed by atoms with Gasteiger partial charge >= 0.3 is 0 Å². The number of isocyanates is 2. The summed E-state index contributed by atoms with van der Waals surface area (Å²) >= 11 is 0. The zero-order valence-corrected chi connectivity index (χ0v) is 20.5. The highest BCUT2D eigenvalue weighted by Crippen LogP contribution is 2.41. The molecule has 0 heterocycles. The molecule has 2 N–H and O–H groups in total. The quantitative estimate of drug-likeness (QED) is 0.219. The summed E-state index contributed by atoms with van der Waals surface area (Å²) in [6.45, 7) is 0. The first kappa shape index (κ1) is 26.7. The van der Waals surface area contributed by atoms with Crippen molar-refractivity contribution in [2.24, 2.45) is 0 Å². The summed E-state index contributed by atoms with van der Waals surface area (Å²) < 4.78 is 0. The van der Waals surface area contributed by atoms with Crippen LogP contribution < -0.4 is 21.2 Å². The lowest BCUT2D eigenvalue weighted by Crippen LogP contribution is -2.19. The minimum Gasteiger partial charge on any atom is -0.222 e. The van der Waals surface area contributed by atoms with Crippen LogP contribution in [-0.2, 0) is 9.59 Å². The van der Waals surface area contributed by atoms with Crippen molar-refractivity contribution in [3.63, 3.8) is 0 Å². The van der Waals surface area contributed by atoms with Crippen LogP contribution in [0.4, 0.5) is 0 Å². The molecule has 0 aliphatic heterocycles. The lowest BCUT2D eigenvalue weighted by Gasteiger charge is -2.24. The zero-order valence-electron chi connectivity index (χ0n) is 18.7. The Morgan fingerprint density at radius 1 is 0.441 bits per heavy atom. The monoisotopic (exact) mass is 484 g/mol. The van der Waals surface area contributed by atoms with Crippen molar-refractivity contribution >= 4 is 49.2 Å². The van der Waals surface area contributed by atoms with Gasteiger partial charge in [-0.2, -0.15) is 0 Å². The molecule has 6 heteroatoms. The number of nitrogens with one attached hydrogen (secondary N) is 2. The van der Waals surface area contributed by atoms with Gasteiger partial charge in [0.05, 0.1) is 0 Å². The third-order valence-corrected chi connectivity index (χ3v) is 10.2. The van der Waals surface area contributed by atoms with E-state index in [1.807, 2.05) is 0 Å². The Kier molecular flexibility index (Phi) is 12.7. The van der Waals surface area contributed by atoms with Crippen LogP contribution in [0.3, 0.4) is 0 Å². The average Bonchev–Trinajstić information content (AvgIpc) is 2.90. The van der Waals surface area contributed by atoms with Gasteiger partial charge in [-0.15, -0.1) is 0 Å². The van der Waals surface area contributed by atoms with Crippen molar-refractivity contribution in [3.05, 3.63) is 121 Å². The van der Waals surface area contributed by atoms with Crippen molar-refractivity contribution in [2.75, 3.05) is 12.3 Å². The van der Waals surface area contributed by atoms with Crippen molar-refractivity contribution in [1.29, 1.82) is 10.8 Å². The molecule has 0 bridgehead atoms. The summed E-state index contributed by atoms with van der Waals surface area (Å²) in [5, 5.41) is 16.7. The van der Waals surface area contributed by atoms with Crippen LogP contribution in [0, 0.1) is 10.8 Å². The molecule has 34 heavy (non-hydrogen) atoms. The maximum absolute atomic E-state index is 8.35. The molecule has 0 aliphatic carbocycles. The Hall–Kier alpha value is -3.50. The summed E-state index contributed by atoms with van der Waals surface area (Å²) in [7, 11) is -0.696. The van der Waals surface area contributed by atoms with E-state index in [2.05, 4.69) is 121 Å². The predicted octanol–water partition coefficient (Wildman–Crippen LogP) is 5.05. The summed E-state index contributed by atoms with van der Waals surface area (Å²) in [5.41, 5.74) is 0. The van der Waals surface area contributed by atoms with E-state index in [9.17, 15) is 0 Å². The van der Waals surface area contributed by atoms with Gasteiger partial charge in [-0.3, -0.25) is 0 Å². The molecule has 0 unspecified atom stereocenters. The molecule has 0 radical (unpaired) electrons. The first-order chi connectivity index (χ1) is 16.7. The normalized spacial score (nSPS) is 9.59. The number of carbonyl (C=O) groups excluding carboxylic acids is 2. The van der Waals surface area contributed by atoms with Crippen molar-refractivity contribution in [1.82, 2.24) is 0 Å². The molecular weight excluding hydrogens is 458 g/mol. The lowest BCUT2D eigenvalue weighted by molar-refractivity contribution is 0.562. The molecule has 4 aromatic rings. The van der Waals surface area contributed by atoms with Gasteiger partial charge < -0.3 is 0 Å². The second kappa shape index (κ2) is 16.2. The Morgan fingerprint density at radius 3 is 0.794 bits per heavy atom. The second-order valence-corrected chi connectivity index (χ2v) is 11.5. The SMILES string of the molecule is N=C=O.N=C=O.c1ccc(P(CCP(c2ccccc2)c2ccccc2)c2ccccc2)cc1. The topological polar surface area (TPSA) is 81.8 Å². The smallest absolute Gasteiger partial charge is 0.222 e. The molecule has 0 aromatic heterocycles. The number of hydrogen-bond donors (Lipinski definition) is 2. The molecule has 4 nitrogen and oxygen atoms in total. The first-order valence-electron chi connectivity index (χ1n) is 10.6. The fraction of sp³-hybridized carbons (Fsp3) is 0.0714. The molecule has 170 valence electrons. The van der Waals surface area contributed by atoms with Crippen molar-refractivity contribution in [3.8, 4) is 0 Å². The highest BCUT2D eigenvalue weighted by Gasteiger charge is 2.18. The largest absolute Gasteiger partial charge is 0.231 e. The Morgan fingerprint density at radius 2 is 0.618 bits per heavy atom. The maximum Gasteiger partial charge on any atom is 0.231 e. The summed E-state index contributed by atoms with van der Waals surface area (Å²) in [5.74, 6) is 0. The van der Waals surface area contributed by atoms with Gasteiger partial charge in [0.15, 0.2) is 0 Å². The third-order valence-electron chi connectivity index (χ3n) is 4.82. The summed E-state index contributed by atoms with van der Waals surface area (Å²) in [4.78, 5) is 16.7. The second-order valence-electron chi connectivity index (χ2n) is 6.85. The molecule has 0 spiro atoms. The molecule has 4 aromatic carbocycles. The molecule has 0 amide bonds. The van der Waals surface area contributed by atoms with Gasteiger partial charge in [-0.05, 0) is 49.4 Å². The Balaban J connectivity index is 0.000000618. The highest BCUT2D eigenvalue weighted by molar-refractivity contribution is 7.76. The van der Waals surface area contributed by atoms with Crippen molar-refractivity contribution in [2.45, 2.75) is 0 Å². The van der Waals surface area contributed by atoms with Gasteiger partial charge in [0.1, 0.15) is 0 Å². The predicted molar refractivity (Wildman–Crippen MR) is 145 cm³/mol. The van der Waals surface area contributed by atoms with Gasteiger partial charge in [0, 0.05) is 0 Å². The summed E-state index contributed by atoms with van der Waals surface area (Å²) in [6, 6.07) is 44.2. The maximum atomic E-state index is 8.35. The lowest BCUT2D eigenvalue weighted by atomic mass is 10.4. The van der Waals surface area contributed by atoms with Gasteiger partial charge in [0.2, 0.25) is 12.2 Å². The molecule has 0 atom stereocenters. The van der Waals surface area contributed by atoms with Crippen molar-refractivity contribution < 1.29 is 9.59 Å². The molecule has 4 rings (SSSR count). The van der Waals surface area contributed by atoms with Gasteiger partial charge in [0.25, 0.3) is 0 Å². The number of hydrogen-bond acceptors (Lipinski definition) is 4. The van der Waals surface area contributed by atoms with E-state index in [1.165, 1.54) is 33.5 Å². The molecule has 0 saturated carbocycles. The van der Waals surface area contributed by atoms with Gasteiger partial charge in [-0.25, -0.2) is 20.4 Å². The van der Waals surface area contributed by atoms with Crippen LogP contribution >= 0.6 is 15.8 Å². The van der Waals surface area contributed by atoms with E-state index in [-0.39, 0.29) is 15.8 Å². The van der Waals surface area contributed by atoms with Crippen LogP contribution in [0.25, 0.3) is 0 Å². The van der Waals surface area contributed by atoms with Crippen LogP contribution in [0.15, 0.2) is 121 Å². The fourth-order valence-corrected chi connectivity index (χ4v) is 8.80. The van der Waals surface area contributed by atoms with Crippen LogP contribution in [-0.4, -0.2) is 24.5 Å².